The molecule has 5 nitrogen and oxygen atoms in total. The van der Waals surface area contributed by atoms with E-state index in [1.807, 2.05) is 0 Å². The average Bonchev–Trinajstić information content (AvgIpc) is 2.99. The summed E-state index contributed by atoms with van der Waals surface area (Å²) in [5.74, 6) is 0.387. The third kappa shape index (κ3) is 1.49. The molecule has 1 saturated heterocycles. The van der Waals surface area contributed by atoms with Crippen LogP contribution in [0, 0.1) is 22.7 Å². The Morgan fingerprint density at radius 3 is 2.78 bits per heavy atom. The van der Waals surface area contributed by atoms with Gasteiger partial charge in [-0.2, -0.15) is 5.26 Å². The van der Waals surface area contributed by atoms with E-state index in [1.165, 1.54) is 0 Å². The number of rotatable bonds is 3. The third-order valence-electron chi connectivity index (χ3n) is 5.10. The number of aliphatic hydroxyl groups is 1. The van der Waals surface area contributed by atoms with Crippen molar-refractivity contribution in [2.45, 2.75) is 50.2 Å². The quantitative estimate of drug-likeness (QED) is 0.736. The number of piperidine rings is 1. The normalized spacial score (nSPS) is 37.4. The van der Waals surface area contributed by atoms with Gasteiger partial charge in [-0.25, -0.2) is 0 Å². The minimum Gasteiger partial charge on any atom is -0.396 e. The van der Waals surface area contributed by atoms with E-state index >= 15 is 0 Å². The fourth-order valence-electron chi connectivity index (χ4n) is 3.51. The molecular weight excluding hydrogens is 230 g/mol. The highest BCUT2D eigenvalue weighted by Crippen LogP contribution is 2.49. The minimum atomic E-state index is -0.647. The van der Waals surface area contributed by atoms with Crippen molar-refractivity contribution >= 4 is 5.91 Å². The summed E-state index contributed by atoms with van der Waals surface area (Å²) in [6, 6.07) is 1.49. The summed E-state index contributed by atoms with van der Waals surface area (Å²) in [5.41, 5.74) is 5.66. The molecule has 1 heterocycles. The average molecular weight is 249 g/mol. The van der Waals surface area contributed by atoms with Crippen molar-refractivity contribution in [2.75, 3.05) is 6.61 Å². The van der Waals surface area contributed by atoms with Gasteiger partial charge in [0.1, 0.15) is 6.04 Å². The highest BCUT2D eigenvalue weighted by Gasteiger charge is 2.57. The van der Waals surface area contributed by atoms with Crippen LogP contribution in [-0.2, 0) is 4.79 Å². The van der Waals surface area contributed by atoms with Crippen LogP contribution in [0.4, 0.5) is 0 Å². The maximum absolute atomic E-state index is 12.5. The second-order valence-electron chi connectivity index (χ2n) is 6.04. The predicted octanol–water partition coefficient (Wildman–Crippen LogP) is -0.0107. The number of fused-ring (bicyclic) bond motifs is 1. The van der Waals surface area contributed by atoms with Gasteiger partial charge in [0.05, 0.1) is 18.7 Å². The molecule has 0 aromatic heterocycles. The van der Waals surface area contributed by atoms with Crippen LogP contribution in [0.15, 0.2) is 0 Å². The molecule has 1 aliphatic heterocycles. The molecule has 0 bridgehead atoms. The molecule has 98 valence electrons. The van der Waals surface area contributed by atoms with E-state index in [2.05, 4.69) is 6.07 Å². The number of likely N-dealkylation sites (tertiary alicyclic amines) is 1. The SMILES string of the molecule is N#C[C@@H]1C[C@@H]2C[C@@H]2N1C(=O)C(N)C1(CO)CCC1. The van der Waals surface area contributed by atoms with Crippen LogP contribution in [0.25, 0.3) is 0 Å². The summed E-state index contributed by atoms with van der Waals surface area (Å²) >= 11 is 0. The van der Waals surface area contributed by atoms with Gasteiger partial charge in [0, 0.05) is 11.5 Å². The van der Waals surface area contributed by atoms with Gasteiger partial charge >= 0.3 is 0 Å². The van der Waals surface area contributed by atoms with Gasteiger partial charge in [-0.05, 0) is 31.6 Å². The lowest BCUT2D eigenvalue weighted by Gasteiger charge is -2.45. The van der Waals surface area contributed by atoms with Gasteiger partial charge in [-0.3, -0.25) is 4.79 Å². The van der Waals surface area contributed by atoms with E-state index in [-0.39, 0.29) is 24.6 Å². The summed E-state index contributed by atoms with van der Waals surface area (Å²) in [5, 5.41) is 18.6. The molecule has 3 fully saturated rings. The molecule has 0 aromatic rings. The molecule has 5 heteroatoms. The fraction of sp³-hybridized carbons (Fsp3) is 0.846. The van der Waals surface area contributed by atoms with Crippen molar-refractivity contribution in [2.24, 2.45) is 17.1 Å². The first-order valence-electron chi connectivity index (χ1n) is 6.71. The van der Waals surface area contributed by atoms with Gasteiger partial charge in [0.2, 0.25) is 5.91 Å². The number of hydrogen-bond acceptors (Lipinski definition) is 4. The van der Waals surface area contributed by atoms with Crippen molar-refractivity contribution in [3.8, 4) is 6.07 Å². The van der Waals surface area contributed by atoms with E-state index < -0.39 is 11.5 Å². The van der Waals surface area contributed by atoms with Gasteiger partial charge < -0.3 is 15.7 Å². The summed E-state index contributed by atoms with van der Waals surface area (Å²) < 4.78 is 0. The Balaban J connectivity index is 1.76. The van der Waals surface area contributed by atoms with Crippen molar-refractivity contribution in [3.63, 3.8) is 0 Å². The van der Waals surface area contributed by atoms with Gasteiger partial charge in [-0.1, -0.05) is 6.42 Å². The number of nitrogens with two attached hydrogens (primary N) is 1. The third-order valence-corrected chi connectivity index (χ3v) is 5.10. The number of aliphatic hydroxyl groups excluding tert-OH is 1. The molecule has 0 radical (unpaired) electrons. The van der Waals surface area contributed by atoms with Crippen LogP contribution in [-0.4, -0.2) is 40.6 Å². The largest absolute Gasteiger partial charge is 0.396 e. The second kappa shape index (κ2) is 3.94. The highest BCUT2D eigenvalue weighted by atomic mass is 16.3. The molecule has 3 N–H and O–H groups in total. The van der Waals surface area contributed by atoms with Crippen LogP contribution >= 0.6 is 0 Å². The van der Waals surface area contributed by atoms with Crippen LogP contribution < -0.4 is 5.73 Å². The zero-order chi connectivity index (χ0) is 12.9. The van der Waals surface area contributed by atoms with Crippen molar-refractivity contribution < 1.29 is 9.90 Å². The molecule has 3 rings (SSSR count). The van der Waals surface area contributed by atoms with E-state index in [4.69, 9.17) is 11.0 Å². The number of nitrogens with zero attached hydrogens (tertiary/aromatic N) is 2. The van der Waals surface area contributed by atoms with Crippen molar-refractivity contribution in [1.82, 2.24) is 4.90 Å². The molecule has 3 aliphatic rings. The molecule has 1 unspecified atom stereocenters. The van der Waals surface area contributed by atoms with Crippen molar-refractivity contribution in [3.05, 3.63) is 0 Å². The number of nitriles is 1. The Kier molecular flexibility index (Phi) is 2.61. The Hall–Kier alpha value is -1.12. The summed E-state index contributed by atoms with van der Waals surface area (Å²) in [7, 11) is 0. The van der Waals surface area contributed by atoms with Gasteiger partial charge in [-0.15, -0.1) is 0 Å². The first-order valence-corrected chi connectivity index (χ1v) is 6.71. The topological polar surface area (TPSA) is 90.4 Å². The number of hydrogen-bond donors (Lipinski definition) is 2. The van der Waals surface area contributed by atoms with Crippen LogP contribution in [0.1, 0.15) is 32.1 Å². The first-order chi connectivity index (χ1) is 8.63. The second-order valence-corrected chi connectivity index (χ2v) is 6.04. The van der Waals surface area contributed by atoms with Gasteiger partial charge in [0.25, 0.3) is 0 Å². The Morgan fingerprint density at radius 1 is 1.56 bits per heavy atom. The maximum atomic E-state index is 12.5. The zero-order valence-electron chi connectivity index (χ0n) is 10.4. The Labute approximate surface area is 107 Å². The van der Waals surface area contributed by atoms with Gasteiger partial charge in [0.15, 0.2) is 0 Å². The number of amides is 1. The molecule has 2 saturated carbocycles. The zero-order valence-corrected chi connectivity index (χ0v) is 10.4. The van der Waals surface area contributed by atoms with E-state index in [0.717, 1.165) is 32.1 Å². The molecule has 0 aromatic carbocycles. The lowest BCUT2D eigenvalue weighted by atomic mass is 9.64. The standard InChI is InChI=1S/C13H19N3O2/c14-6-9-4-8-5-10(8)16(9)12(18)11(15)13(7-17)2-1-3-13/h8-11,17H,1-5,7,15H2/t8-,9+,10+,11?/m1/s1. The summed E-state index contributed by atoms with van der Waals surface area (Å²) in [6.07, 6.45) is 4.47. The lowest BCUT2D eigenvalue weighted by molar-refractivity contribution is -0.140. The molecule has 1 amide bonds. The van der Waals surface area contributed by atoms with Crippen molar-refractivity contribution in [1.29, 1.82) is 5.26 Å². The smallest absolute Gasteiger partial charge is 0.241 e. The first kappa shape index (κ1) is 11.9. The predicted molar refractivity (Wildman–Crippen MR) is 64.1 cm³/mol. The van der Waals surface area contributed by atoms with Crippen LogP contribution in [0.5, 0.6) is 0 Å². The molecule has 2 aliphatic carbocycles. The van der Waals surface area contributed by atoms with Crippen LogP contribution in [0.3, 0.4) is 0 Å². The lowest BCUT2D eigenvalue weighted by Crippen LogP contribution is -2.59. The van der Waals surface area contributed by atoms with E-state index in [1.54, 1.807) is 4.90 Å². The molecule has 4 atom stereocenters. The molecule has 18 heavy (non-hydrogen) atoms. The highest BCUT2D eigenvalue weighted by molar-refractivity contribution is 5.84. The summed E-state index contributed by atoms with van der Waals surface area (Å²) in [6.45, 7) is -0.0287. The van der Waals surface area contributed by atoms with E-state index in [9.17, 15) is 9.90 Å². The Bertz CT molecular complexity index is 407. The maximum Gasteiger partial charge on any atom is 0.241 e. The minimum absolute atomic E-state index is 0.0287. The fourth-order valence-corrected chi connectivity index (χ4v) is 3.51. The van der Waals surface area contributed by atoms with Crippen LogP contribution in [0.2, 0.25) is 0 Å². The monoisotopic (exact) mass is 249 g/mol. The number of carbonyl (C=O) groups is 1. The van der Waals surface area contributed by atoms with E-state index in [0.29, 0.717) is 5.92 Å². The molecule has 0 spiro atoms. The molecular formula is C13H19N3O2. The number of carbonyl (C=O) groups excluding carboxylic acids is 1. The Morgan fingerprint density at radius 2 is 2.28 bits per heavy atom. The summed E-state index contributed by atoms with van der Waals surface area (Å²) in [4.78, 5) is 14.2.